The second kappa shape index (κ2) is 14.5. The van der Waals surface area contributed by atoms with Gasteiger partial charge in [-0.15, -0.1) is 0 Å². The van der Waals surface area contributed by atoms with Crippen molar-refractivity contribution in [1.82, 2.24) is 30.1 Å². The van der Waals surface area contributed by atoms with E-state index in [-0.39, 0.29) is 16.9 Å². The Labute approximate surface area is 278 Å². The van der Waals surface area contributed by atoms with Crippen LogP contribution in [0.4, 0.5) is 10.1 Å². The van der Waals surface area contributed by atoms with Crippen LogP contribution in [0.25, 0.3) is 22.6 Å². The van der Waals surface area contributed by atoms with Gasteiger partial charge in [0.1, 0.15) is 11.6 Å². The van der Waals surface area contributed by atoms with Gasteiger partial charge in [0.2, 0.25) is 0 Å². The smallest absolute Gasteiger partial charge is 0.274 e. The fraction of sp³-hybridized carbons (Fsp3) is 0.333. The van der Waals surface area contributed by atoms with E-state index in [1.54, 1.807) is 40.4 Å². The van der Waals surface area contributed by atoms with Gasteiger partial charge in [0.15, 0.2) is 0 Å². The van der Waals surface area contributed by atoms with E-state index in [9.17, 15) is 14.4 Å². The molecule has 2 aliphatic heterocycles. The molecule has 6 rings (SSSR count). The zero-order chi connectivity index (χ0) is 33.8. The molecule has 4 aromatic rings. The molecule has 2 amide bonds. The third kappa shape index (κ3) is 7.30. The summed E-state index contributed by atoms with van der Waals surface area (Å²) < 4.78 is 17.1. The predicted octanol–water partition coefficient (Wildman–Crippen LogP) is 3.60. The summed E-state index contributed by atoms with van der Waals surface area (Å²) in [7, 11) is 4.01. The van der Waals surface area contributed by atoms with E-state index in [0.717, 1.165) is 29.7 Å². The van der Waals surface area contributed by atoms with Crippen LogP contribution in [0.1, 0.15) is 50.5 Å². The molecule has 3 aromatic carbocycles. The zero-order valence-electron chi connectivity index (χ0n) is 27.2. The molecular formula is C36H40FN7O4. The fourth-order valence-electron chi connectivity index (χ4n) is 6.27. The molecular weight excluding hydrogens is 613 g/mol. The topological polar surface area (TPSA) is 123 Å². The van der Waals surface area contributed by atoms with Gasteiger partial charge in [-0.25, -0.2) is 14.9 Å². The number of allylic oxidation sites excluding steroid dienone is 1. The maximum absolute atomic E-state index is 15.5. The van der Waals surface area contributed by atoms with Gasteiger partial charge in [-0.3, -0.25) is 29.1 Å². The van der Waals surface area contributed by atoms with Gasteiger partial charge < -0.3 is 15.1 Å². The highest BCUT2D eigenvalue weighted by atomic mass is 19.1. The summed E-state index contributed by atoms with van der Waals surface area (Å²) >= 11 is 0. The van der Waals surface area contributed by atoms with Crippen LogP contribution in [0.2, 0.25) is 0 Å². The molecule has 0 aliphatic carbocycles. The van der Waals surface area contributed by atoms with Crippen molar-refractivity contribution in [3.8, 4) is 0 Å². The summed E-state index contributed by atoms with van der Waals surface area (Å²) in [5, 5.41) is 12.0. The van der Waals surface area contributed by atoms with Gasteiger partial charge in [0, 0.05) is 56.9 Å². The first-order chi connectivity index (χ1) is 23.2. The van der Waals surface area contributed by atoms with E-state index in [1.807, 2.05) is 49.3 Å². The average Bonchev–Trinajstić information content (AvgIpc) is 3.49. The summed E-state index contributed by atoms with van der Waals surface area (Å²) in [6.45, 7) is 5.30. The summed E-state index contributed by atoms with van der Waals surface area (Å²) in [5.74, 6) is -0.519. The summed E-state index contributed by atoms with van der Waals surface area (Å²) in [6, 6.07) is 17.4. The highest BCUT2D eigenvalue weighted by Crippen LogP contribution is 2.30. The Hall–Kier alpha value is -4.91. The molecule has 11 nitrogen and oxygen atoms in total. The number of hydroxylamine groups is 1. The number of hydrogen-bond acceptors (Lipinski definition) is 8. The molecule has 1 saturated heterocycles. The number of anilines is 1. The Kier molecular flexibility index (Phi) is 9.95. The minimum atomic E-state index is -0.555. The molecule has 3 heterocycles. The molecule has 0 spiro atoms. The third-order valence-corrected chi connectivity index (χ3v) is 8.93. The monoisotopic (exact) mass is 653 g/mol. The average molecular weight is 654 g/mol. The number of piperazine rings is 1. The van der Waals surface area contributed by atoms with Crippen LogP contribution in [-0.4, -0.2) is 89.7 Å². The molecule has 12 heteroatoms. The maximum Gasteiger partial charge on any atom is 0.274 e. The van der Waals surface area contributed by atoms with Crippen LogP contribution in [-0.2, 0) is 13.1 Å². The first-order valence-electron chi connectivity index (χ1n) is 16.2. The van der Waals surface area contributed by atoms with Gasteiger partial charge in [-0.1, -0.05) is 24.3 Å². The Morgan fingerprint density at radius 3 is 2.33 bits per heavy atom. The Balaban J connectivity index is 1.14. The van der Waals surface area contributed by atoms with Crippen LogP contribution < -0.4 is 21.3 Å². The van der Waals surface area contributed by atoms with E-state index < -0.39 is 11.7 Å². The molecule has 48 heavy (non-hydrogen) atoms. The molecule has 250 valence electrons. The maximum atomic E-state index is 15.5. The fourth-order valence-corrected chi connectivity index (χ4v) is 6.27. The number of hydrogen-bond donors (Lipinski definition) is 3. The molecule has 0 radical (unpaired) electrons. The second-order valence-electron chi connectivity index (χ2n) is 12.6. The Bertz CT molecular complexity index is 1900. The predicted molar refractivity (Wildman–Crippen MR) is 184 cm³/mol. The van der Waals surface area contributed by atoms with Crippen molar-refractivity contribution in [1.29, 1.82) is 0 Å². The lowest BCUT2D eigenvalue weighted by Gasteiger charge is -2.36. The van der Waals surface area contributed by atoms with E-state index in [4.69, 9.17) is 10.2 Å². The van der Waals surface area contributed by atoms with Crippen molar-refractivity contribution in [2.24, 2.45) is 0 Å². The number of amides is 2. The summed E-state index contributed by atoms with van der Waals surface area (Å²) in [5.41, 5.74) is 6.09. The summed E-state index contributed by atoms with van der Waals surface area (Å²) in [4.78, 5) is 48.8. The normalized spacial score (nSPS) is 15.7. The number of nitrogens with one attached hydrogen (secondary N) is 2. The third-order valence-electron chi connectivity index (χ3n) is 8.93. The standard InChI is InChI=1S/C36H40FN7O4/c1-41(2)14-3-13-38-34(45)26-8-4-24(5-9-26)20-28-12-15-44-33(28)39-31-22-32(30(37)21-29(31)36(44)47)43-18-16-42(17-19-43)23-25-6-10-27(11-7-25)35(46)40-48/h4-11,20-22,48H,3,12-19,23H2,1-2H3,(H,38,45)(H,40,46). The molecule has 0 unspecified atom stereocenters. The van der Waals surface area contributed by atoms with Crippen LogP contribution in [0.3, 0.4) is 0 Å². The lowest BCUT2D eigenvalue weighted by molar-refractivity contribution is 0.0706. The van der Waals surface area contributed by atoms with Crippen LogP contribution in [0.5, 0.6) is 0 Å². The molecule has 2 aliphatic rings. The molecule has 0 atom stereocenters. The number of halogens is 1. The van der Waals surface area contributed by atoms with Gasteiger partial charge in [-0.05, 0) is 92.7 Å². The van der Waals surface area contributed by atoms with Gasteiger partial charge >= 0.3 is 0 Å². The van der Waals surface area contributed by atoms with Gasteiger partial charge in [-0.2, -0.15) is 0 Å². The molecule has 0 saturated carbocycles. The SMILES string of the molecule is CN(C)CCCNC(=O)c1ccc(C=C2CCn3c2nc2cc(N4CCN(Cc5ccc(C(=O)NO)cc5)CC4)c(F)cc2c3=O)cc1. The van der Waals surface area contributed by atoms with Crippen LogP contribution >= 0.6 is 0 Å². The highest BCUT2D eigenvalue weighted by Gasteiger charge is 2.25. The molecule has 3 N–H and O–H groups in total. The number of carbonyl (C=O) groups excluding carboxylic acids is 2. The zero-order valence-corrected chi connectivity index (χ0v) is 27.2. The number of nitrogens with zero attached hydrogens (tertiary/aromatic N) is 5. The first-order valence-corrected chi connectivity index (χ1v) is 16.2. The van der Waals surface area contributed by atoms with Crippen molar-refractivity contribution in [2.75, 3.05) is 58.3 Å². The van der Waals surface area contributed by atoms with Crippen molar-refractivity contribution in [3.63, 3.8) is 0 Å². The van der Waals surface area contributed by atoms with Crippen molar-refractivity contribution >= 4 is 40.1 Å². The summed E-state index contributed by atoms with van der Waals surface area (Å²) in [6.07, 6.45) is 3.50. The van der Waals surface area contributed by atoms with E-state index in [1.165, 1.54) is 6.07 Å². The molecule has 0 bridgehead atoms. The highest BCUT2D eigenvalue weighted by molar-refractivity contribution is 5.95. The van der Waals surface area contributed by atoms with Crippen molar-refractivity contribution < 1.29 is 19.2 Å². The Morgan fingerprint density at radius 1 is 0.958 bits per heavy atom. The van der Waals surface area contributed by atoms with Gasteiger partial charge in [0.25, 0.3) is 17.4 Å². The van der Waals surface area contributed by atoms with E-state index >= 15 is 4.39 Å². The second-order valence-corrected chi connectivity index (χ2v) is 12.6. The van der Waals surface area contributed by atoms with Crippen molar-refractivity contribution in [2.45, 2.75) is 25.9 Å². The molecule has 1 aromatic heterocycles. The van der Waals surface area contributed by atoms with Crippen LogP contribution in [0, 0.1) is 5.82 Å². The molecule has 1 fully saturated rings. The number of aromatic nitrogens is 2. The number of rotatable bonds is 10. The minimum Gasteiger partial charge on any atom is -0.367 e. The lowest BCUT2D eigenvalue weighted by atomic mass is 10.1. The first kappa shape index (κ1) is 33.0. The van der Waals surface area contributed by atoms with E-state index in [2.05, 4.69) is 15.1 Å². The van der Waals surface area contributed by atoms with Crippen molar-refractivity contribution in [3.05, 3.63) is 105 Å². The Morgan fingerprint density at radius 2 is 1.65 bits per heavy atom. The number of benzene rings is 3. The number of carbonyl (C=O) groups is 2. The largest absolute Gasteiger partial charge is 0.367 e. The quantitative estimate of drug-likeness (QED) is 0.135. The van der Waals surface area contributed by atoms with Gasteiger partial charge in [0.05, 0.1) is 16.6 Å². The van der Waals surface area contributed by atoms with Crippen LogP contribution in [0.15, 0.2) is 65.5 Å². The minimum absolute atomic E-state index is 0.107. The number of fused-ring (bicyclic) bond motifs is 2. The van der Waals surface area contributed by atoms with E-state index in [0.29, 0.717) is 80.4 Å². The lowest BCUT2D eigenvalue weighted by Crippen LogP contribution is -2.46.